The lowest BCUT2D eigenvalue weighted by atomic mass is 10.3. The largest absolute Gasteiger partial charge is 0.320 e. The second-order valence-corrected chi connectivity index (χ2v) is 1.97. The standard InChI is InChI=1S/C5H6N2S/c6-4-1-2-5(8)7-3-4/h1-4H,6H2. The molecule has 0 aromatic heterocycles. The quantitative estimate of drug-likeness (QED) is 0.473. The molecule has 0 bridgehead atoms. The molecule has 0 fully saturated rings. The van der Waals surface area contributed by atoms with Gasteiger partial charge in [0.15, 0.2) is 0 Å². The molecule has 1 aliphatic heterocycles. The minimum Gasteiger partial charge on any atom is -0.320 e. The number of hydrogen-bond donors (Lipinski definition) is 1. The highest BCUT2D eigenvalue weighted by atomic mass is 32.1. The monoisotopic (exact) mass is 126 g/mol. The normalized spacial score (nSPS) is 26.6. The molecule has 0 amide bonds. The third-order valence-corrected chi connectivity index (χ3v) is 1.08. The summed E-state index contributed by atoms with van der Waals surface area (Å²) in [6.45, 7) is 0. The van der Waals surface area contributed by atoms with Crippen LogP contribution < -0.4 is 5.73 Å². The number of hydrogen-bond acceptors (Lipinski definition) is 2. The summed E-state index contributed by atoms with van der Waals surface area (Å²) in [6, 6.07) is -0.0401. The molecule has 0 saturated carbocycles. The van der Waals surface area contributed by atoms with E-state index in [0.29, 0.717) is 4.99 Å². The Labute approximate surface area is 53.1 Å². The number of thiocarbonyl (C=S) groups is 1. The van der Waals surface area contributed by atoms with Crippen molar-refractivity contribution < 1.29 is 0 Å². The fourth-order valence-electron chi connectivity index (χ4n) is 0.446. The molecule has 0 saturated heterocycles. The van der Waals surface area contributed by atoms with E-state index in [2.05, 4.69) is 4.99 Å². The van der Waals surface area contributed by atoms with Gasteiger partial charge in [-0.05, 0) is 6.08 Å². The first-order chi connectivity index (χ1) is 3.79. The first kappa shape index (κ1) is 5.59. The highest BCUT2D eigenvalue weighted by Crippen LogP contribution is 1.91. The van der Waals surface area contributed by atoms with Gasteiger partial charge >= 0.3 is 0 Å². The molecule has 0 spiro atoms. The van der Waals surface area contributed by atoms with Crippen molar-refractivity contribution in [2.75, 3.05) is 0 Å². The summed E-state index contributed by atoms with van der Waals surface area (Å²) in [5, 5.41) is 0. The van der Waals surface area contributed by atoms with Crippen LogP contribution in [0.15, 0.2) is 17.1 Å². The third kappa shape index (κ3) is 1.21. The van der Waals surface area contributed by atoms with Gasteiger partial charge in [-0.1, -0.05) is 18.3 Å². The molecule has 8 heavy (non-hydrogen) atoms. The van der Waals surface area contributed by atoms with Gasteiger partial charge in [0.05, 0.1) is 6.04 Å². The summed E-state index contributed by atoms with van der Waals surface area (Å²) >= 11 is 4.72. The number of nitrogens with zero attached hydrogens (tertiary/aromatic N) is 1. The van der Waals surface area contributed by atoms with Crippen molar-refractivity contribution in [3.8, 4) is 0 Å². The van der Waals surface area contributed by atoms with E-state index in [9.17, 15) is 0 Å². The Morgan fingerprint density at radius 2 is 2.50 bits per heavy atom. The van der Waals surface area contributed by atoms with Crippen LogP contribution in [0.4, 0.5) is 0 Å². The van der Waals surface area contributed by atoms with Gasteiger partial charge in [-0.3, -0.25) is 0 Å². The summed E-state index contributed by atoms with van der Waals surface area (Å²) in [6.07, 6.45) is 5.18. The van der Waals surface area contributed by atoms with Gasteiger partial charge < -0.3 is 5.73 Å². The summed E-state index contributed by atoms with van der Waals surface area (Å²) in [7, 11) is 0. The predicted octanol–water partition coefficient (Wildman–Crippen LogP) is 0.282. The van der Waals surface area contributed by atoms with Gasteiger partial charge in [0, 0.05) is 6.21 Å². The molecule has 0 radical (unpaired) electrons. The Bertz CT molecular complexity index is 144. The fourth-order valence-corrected chi connectivity index (χ4v) is 0.585. The van der Waals surface area contributed by atoms with Gasteiger partial charge in [0.2, 0.25) is 0 Å². The van der Waals surface area contributed by atoms with Crippen LogP contribution in [0.3, 0.4) is 0 Å². The number of aliphatic imine (C=N–C) groups is 1. The maximum atomic E-state index is 5.40. The molecule has 1 rings (SSSR count). The molecule has 1 aliphatic rings. The van der Waals surface area contributed by atoms with Crippen molar-refractivity contribution in [3.63, 3.8) is 0 Å². The summed E-state index contributed by atoms with van der Waals surface area (Å²) < 4.78 is 0. The minimum absolute atomic E-state index is 0.0401. The third-order valence-electron chi connectivity index (χ3n) is 0.835. The fraction of sp³-hybridized carbons (Fsp3) is 0.200. The smallest absolute Gasteiger partial charge is 0.125 e. The van der Waals surface area contributed by atoms with Crippen LogP contribution >= 0.6 is 12.2 Å². The van der Waals surface area contributed by atoms with Crippen molar-refractivity contribution in [2.45, 2.75) is 6.04 Å². The Morgan fingerprint density at radius 3 is 2.88 bits per heavy atom. The predicted molar refractivity (Wildman–Crippen MR) is 38.2 cm³/mol. The van der Waals surface area contributed by atoms with Gasteiger partial charge in [-0.15, -0.1) is 0 Å². The second kappa shape index (κ2) is 2.15. The van der Waals surface area contributed by atoms with E-state index in [-0.39, 0.29) is 6.04 Å². The Hall–Kier alpha value is -0.540. The average Bonchev–Trinajstić information content (AvgIpc) is 1.77. The van der Waals surface area contributed by atoms with E-state index in [1.165, 1.54) is 0 Å². The van der Waals surface area contributed by atoms with Crippen LogP contribution in [0.1, 0.15) is 0 Å². The number of dihydropyridines is 1. The molecule has 0 aromatic carbocycles. The van der Waals surface area contributed by atoms with Crippen molar-refractivity contribution in [1.29, 1.82) is 0 Å². The van der Waals surface area contributed by atoms with E-state index in [0.717, 1.165) is 0 Å². The van der Waals surface area contributed by atoms with Crippen LogP contribution in [-0.2, 0) is 0 Å². The van der Waals surface area contributed by atoms with Crippen LogP contribution in [0.5, 0.6) is 0 Å². The van der Waals surface area contributed by atoms with Crippen LogP contribution in [0, 0.1) is 0 Å². The molecule has 1 unspecified atom stereocenters. The number of rotatable bonds is 0. The van der Waals surface area contributed by atoms with E-state index >= 15 is 0 Å². The molecule has 2 nitrogen and oxygen atoms in total. The molecule has 0 aliphatic carbocycles. The summed E-state index contributed by atoms with van der Waals surface area (Å²) in [4.78, 5) is 4.41. The Balaban J connectivity index is 2.68. The lowest BCUT2D eigenvalue weighted by Gasteiger charge is -2.00. The van der Waals surface area contributed by atoms with Crippen molar-refractivity contribution in [1.82, 2.24) is 0 Å². The highest BCUT2D eigenvalue weighted by Gasteiger charge is 1.96. The molecular formula is C5H6N2S. The van der Waals surface area contributed by atoms with Gasteiger partial charge in [-0.2, -0.15) is 0 Å². The Kier molecular flexibility index (Phi) is 1.50. The maximum absolute atomic E-state index is 5.40. The van der Waals surface area contributed by atoms with Crippen LogP contribution in [0.25, 0.3) is 0 Å². The molecule has 1 atom stereocenters. The zero-order valence-corrected chi connectivity index (χ0v) is 5.06. The van der Waals surface area contributed by atoms with Crippen LogP contribution in [-0.4, -0.2) is 17.2 Å². The minimum atomic E-state index is -0.0401. The van der Waals surface area contributed by atoms with E-state index in [1.807, 2.05) is 6.08 Å². The molecule has 42 valence electrons. The summed E-state index contributed by atoms with van der Waals surface area (Å²) in [5.74, 6) is 0. The van der Waals surface area contributed by atoms with Crippen LogP contribution in [0.2, 0.25) is 0 Å². The zero-order chi connectivity index (χ0) is 5.98. The first-order valence-corrected chi connectivity index (χ1v) is 2.72. The second-order valence-electron chi connectivity index (χ2n) is 1.55. The first-order valence-electron chi connectivity index (χ1n) is 2.31. The SMILES string of the molecule is NC1C=CC(=S)N=C1. The highest BCUT2D eigenvalue weighted by molar-refractivity contribution is 7.80. The number of nitrogens with two attached hydrogens (primary N) is 1. The van der Waals surface area contributed by atoms with Gasteiger partial charge in [-0.25, -0.2) is 4.99 Å². The molecule has 0 aromatic rings. The van der Waals surface area contributed by atoms with E-state index < -0.39 is 0 Å². The van der Waals surface area contributed by atoms with Gasteiger partial charge in [0.1, 0.15) is 4.99 Å². The molecule has 2 N–H and O–H groups in total. The molecule has 3 heteroatoms. The summed E-state index contributed by atoms with van der Waals surface area (Å²) in [5.41, 5.74) is 5.40. The van der Waals surface area contributed by atoms with E-state index in [1.54, 1.807) is 12.3 Å². The lowest BCUT2D eigenvalue weighted by molar-refractivity contribution is 1.10. The van der Waals surface area contributed by atoms with Crippen molar-refractivity contribution >= 4 is 23.4 Å². The van der Waals surface area contributed by atoms with Crippen molar-refractivity contribution in [3.05, 3.63) is 12.2 Å². The Morgan fingerprint density at radius 1 is 1.75 bits per heavy atom. The zero-order valence-electron chi connectivity index (χ0n) is 4.24. The van der Waals surface area contributed by atoms with Gasteiger partial charge in [0.25, 0.3) is 0 Å². The molecular weight excluding hydrogens is 120 g/mol. The topological polar surface area (TPSA) is 38.4 Å². The lowest BCUT2D eigenvalue weighted by Crippen LogP contribution is -2.21. The maximum Gasteiger partial charge on any atom is 0.125 e. The average molecular weight is 126 g/mol. The van der Waals surface area contributed by atoms with Crippen molar-refractivity contribution in [2.24, 2.45) is 10.7 Å². The molecule has 1 heterocycles. The van der Waals surface area contributed by atoms with E-state index in [4.69, 9.17) is 18.0 Å².